The van der Waals surface area contributed by atoms with E-state index in [0.717, 1.165) is 43.2 Å². The molecule has 0 atom stereocenters. The minimum atomic E-state index is -0.114. The molecular formula is C15H19N3O3. The van der Waals surface area contributed by atoms with Crippen molar-refractivity contribution in [3.63, 3.8) is 0 Å². The van der Waals surface area contributed by atoms with Crippen molar-refractivity contribution >= 4 is 12.0 Å². The molecule has 2 heterocycles. The number of nitrogens with one attached hydrogen (secondary N) is 1. The molecule has 0 spiro atoms. The van der Waals surface area contributed by atoms with Crippen LogP contribution in [0.1, 0.15) is 5.56 Å². The summed E-state index contributed by atoms with van der Waals surface area (Å²) in [5.74, 6) is 1.35. The number of ether oxygens (including phenoxy) is 2. The van der Waals surface area contributed by atoms with E-state index in [1.54, 1.807) is 6.08 Å². The number of hydrogen-bond donors (Lipinski definition) is 1. The molecule has 1 saturated heterocycles. The van der Waals surface area contributed by atoms with Crippen LogP contribution in [0.3, 0.4) is 0 Å². The maximum absolute atomic E-state index is 11.9. The number of benzene rings is 1. The molecule has 0 saturated carbocycles. The third kappa shape index (κ3) is 3.53. The van der Waals surface area contributed by atoms with Gasteiger partial charge in [0.1, 0.15) is 0 Å². The van der Waals surface area contributed by atoms with E-state index in [9.17, 15) is 4.79 Å². The number of fused-ring (bicyclic) bond motifs is 1. The topological polar surface area (TPSA) is 54.0 Å². The molecule has 1 amide bonds. The van der Waals surface area contributed by atoms with Gasteiger partial charge in [-0.25, -0.2) is 5.01 Å². The Bertz CT molecular complexity index is 551. The Morgan fingerprint density at radius 1 is 1.19 bits per heavy atom. The van der Waals surface area contributed by atoms with Crippen LogP contribution in [0.25, 0.3) is 6.08 Å². The normalized spacial score (nSPS) is 19.1. The van der Waals surface area contributed by atoms with Crippen LogP contribution in [0.15, 0.2) is 24.3 Å². The lowest BCUT2D eigenvalue weighted by Gasteiger charge is -2.31. The molecule has 1 N–H and O–H groups in total. The lowest BCUT2D eigenvalue weighted by Crippen LogP contribution is -2.52. The number of rotatable bonds is 3. The molecule has 21 heavy (non-hydrogen) atoms. The van der Waals surface area contributed by atoms with Crippen molar-refractivity contribution < 1.29 is 14.3 Å². The highest BCUT2D eigenvalue weighted by Gasteiger charge is 2.15. The Balaban J connectivity index is 1.54. The first kappa shape index (κ1) is 13.9. The average molecular weight is 289 g/mol. The van der Waals surface area contributed by atoms with Crippen LogP contribution >= 0.6 is 0 Å². The molecule has 6 nitrogen and oxygen atoms in total. The van der Waals surface area contributed by atoms with Crippen molar-refractivity contribution in [1.82, 2.24) is 15.3 Å². The first-order valence-corrected chi connectivity index (χ1v) is 7.02. The van der Waals surface area contributed by atoms with Gasteiger partial charge in [-0.2, -0.15) is 0 Å². The fourth-order valence-corrected chi connectivity index (χ4v) is 2.30. The first-order chi connectivity index (χ1) is 10.2. The number of carbonyl (C=O) groups excluding carboxylic acids is 1. The van der Waals surface area contributed by atoms with E-state index in [0.29, 0.717) is 0 Å². The number of likely N-dealkylation sites (N-methyl/N-ethyl adjacent to an activating group) is 1. The molecule has 0 bridgehead atoms. The van der Waals surface area contributed by atoms with Crippen molar-refractivity contribution in [2.75, 3.05) is 40.0 Å². The maximum atomic E-state index is 11.9. The molecule has 2 aliphatic rings. The Morgan fingerprint density at radius 3 is 2.76 bits per heavy atom. The van der Waals surface area contributed by atoms with Crippen molar-refractivity contribution in [1.29, 1.82) is 0 Å². The number of carbonyl (C=O) groups is 1. The van der Waals surface area contributed by atoms with Crippen LogP contribution in [0.5, 0.6) is 11.5 Å². The van der Waals surface area contributed by atoms with Gasteiger partial charge in [0.05, 0.1) is 0 Å². The highest BCUT2D eigenvalue weighted by molar-refractivity contribution is 5.91. The van der Waals surface area contributed by atoms with Gasteiger partial charge in [0.15, 0.2) is 11.5 Å². The van der Waals surface area contributed by atoms with E-state index in [2.05, 4.69) is 17.4 Å². The van der Waals surface area contributed by atoms with Gasteiger partial charge in [-0.3, -0.25) is 10.2 Å². The minimum Gasteiger partial charge on any atom is -0.454 e. The second-order valence-corrected chi connectivity index (χ2v) is 5.21. The van der Waals surface area contributed by atoms with E-state index in [1.165, 1.54) is 6.08 Å². The zero-order valence-electron chi connectivity index (χ0n) is 12.0. The molecule has 0 aromatic heterocycles. The number of piperazine rings is 1. The van der Waals surface area contributed by atoms with Crippen LogP contribution < -0.4 is 14.9 Å². The Hall–Kier alpha value is -2.05. The summed E-state index contributed by atoms with van der Waals surface area (Å²) < 4.78 is 10.6. The van der Waals surface area contributed by atoms with E-state index in [1.807, 2.05) is 23.2 Å². The van der Waals surface area contributed by atoms with Crippen molar-refractivity contribution in [2.24, 2.45) is 0 Å². The quantitative estimate of drug-likeness (QED) is 0.831. The number of amides is 1. The van der Waals surface area contributed by atoms with Gasteiger partial charge in [0.2, 0.25) is 6.79 Å². The predicted octanol–water partition coefficient (Wildman–Crippen LogP) is 0.707. The van der Waals surface area contributed by atoms with Crippen LogP contribution in [0.4, 0.5) is 0 Å². The second kappa shape index (κ2) is 6.15. The summed E-state index contributed by atoms with van der Waals surface area (Å²) >= 11 is 0. The van der Waals surface area contributed by atoms with Crippen LogP contribution in [0, 0.1) is 0 Å². The van der Waals surface area contributed by atoms with Gasteiger partial charge in [0, 0.05) is 32.3 Å². The summed E-state index contributed by atoms with van der Waals surface area (Å²) in [6.45, 7) is 3.88. The standard InChI is InChI=1S/C15H19N3O3/c1-17-6-8-18(9-7-17)16-15(19)5-3-12-2-4-13-14(10-12)21-11-20-13/h2-5,10H,6-9,11H2,1H3,(H,16,19)/b5-3+. The summed E-state index contributed by atoms with van der Waals surface area (Å²) in [5.41, 5.74) is 3.80. The maximum Gasteiger partial charge on any atom is 0.258 e. The van der Waals surface area contributed by atoms with Crippen molar-refractivity contribution in [3.8, 4) is 11.5 Å². The second-order valence-electron chi connectivity index (χ2n) is 5.21. The molecule has 1 fully saturated rings. The fourth-order valence-electron chi connectivity index (χ4n) is 2.30. The molecule has 0 unspecified atom stereocenters. The summed E-state index contributed by atoms with van der Waals surface area (Å²) in [6.07, 6.45) is 3.31. The van der Waals surface area contributed by atoms with E-state index < -0.39 is 0 Å². The minimum absolute atomic E-state index is 0.114. The molecule has 0 radical (unpaired) electrons. The molecule has 1 aromatic rings. The molecule has 6 heteroatoms. The predicted molar refractivity (Wildman–Crippen MR) is 78.8 cm³/mol. The lowest BCUT2D eigenvalue weighted by molar-refractivity contribution is -0.121. The number of nitrogens with zero attached hydrogens (tertiary/aromatic N) is 2. The average Bonchev–Trinajstić information content (AvgIpc) is 2.95. The van der Waals surface area contributed by atoms with E-state index in [4.69, 9.17) is 9.47 Å². The zero-order chi connectivity index (χ0) is 14.7. The monoisotopic (exact) mass is 289 g/mol. The highest BCUT2D eigenvalue weighted by atomic mass is 16.7. The number of hydrazine groups is 1. The molecule has 1 aromatic carbocycles. The smallest absolute Gasteiger partial charge is 0.258 e. The molecule has 3 rings (SSSR count). The van der Waals surface area contributed by atoms with E-state index >= 15 is 0 Å². The van der Waals surface area contributed by atoms with Gasteiger partial charge < -0.3 is 14.4 Å². The third-order valence-electron chi connectivity index (χ3n) is 3.60. The molecule has 0 aliphatic carbocycles. The van der Waals surface area contributed by atoms with Crippen LogP contribution in [-0.4, -0.2) is 55.8 Å². The summed E-state index contributed by atoms with van der Waals surface area (Å²) in [4.78, 5) is 14.1. The summed E-state index contributed by atoms with van der Waals surface area (Å²) in [6, 6.07) is 5.61. The van der Waals surface area contributed by atoms with Crippen LogP contribution in [-0.2, 0) is 4.79 Å². The van der Waals surface area contributed by atoms with Gasteiger partial charge >= 0.3 is 0 Å². The molecule has 2 aliphatic heterocycles. The van der Waals surface area contributed by atoms with Gasteiger partial charge in [0.25, 0.3) is 5.91 Å². The van der Waals surface area contributed by atoms with Crippen LogP contribution in [0.2, 0.25) is 0 Å². The SMILES string of the molecule is CN1CCN(NC(=O)/C=C/c2ccc3c(c2)OCO3)CC1. The lowest BCUT2D eigenvalue weighted by atomic mass is 10.2. The Kier molecular flexibility index (Phi) is 4.08. The Labute approximate surface area is 123 Å². The van der Waals surface area contributed by atoms with Gasteiger partial charge in [-0.15, -0.1) is 0 Å². The van der Waals surface area contributed by atoms with Crippen molar-refractivity contribution in [3.05, 3.63) is 29.8 Å². The first-order valence-electron chi connectivity index (χ1n) is 7.02. The Morgan fingerprint density at radius 2 is 1.95 bits per heavy atom. The highest BCUT2D eigenvalue weighted by Crippen LogP contribution is 2.32. The number of hydrogen-bond acceptors (Lipinski definition) is 5. The molecule has 112 valence electrons. The van der Waals surface area contributed by atoms with Crippen molar-refractivity contribution in [2.45, 2.75) is 0 Å². The summed E-state index contributed by atoms with van der Waals surface area (Å²) in [7, 11) is 2.08. The fraction of sp³-hybridized carbons (Fsp3) is 0.400. The van der Waals surface area contributed by atoms with E-state index in [-0.39, 0.29) is 12.7 Å². The van der Waals surface area contributed by atoms with Gasteiger partial charge in [-0.05, 0) is 30.8 Å². The summed E-state index contributed by atoms with van der Waals surface area (Å²) in [5, 5.41) is 1.95. The third-order valence-corrected chi connectivity index (χ3v) is 3.60. The largest absolute Gasteiger partial charge is 0.454 e. The molecular weight excluding hydrogens is 270 g/mol. The van der Waals surface area contributed by atoms with Gasteiger partial charge in [-0.1, -0.05) is 6.07 Å². The zero-order valence-corrected chi connectivity index (χ0v) is 12.0.